The van der Waals surface area contributed by atoms with Gasteiger partial charge in [0.15, 0.2) is 0 Å². The smallest absolute Gasteiger partial charge is 0.326 e. The molecule has 104 valence electrons. The molecule has 1 aliphatic heterocycles. The van der Waals surface area contributed by atoms with Crippen LogP contribution in [0.4, 0.5) is 0 Å². The van der Waals surface area contributed by atoms with E-state index in [9.17, 15) is 9.59 Å². The second-order valence-corrected chi connectivity index (χ2v) is 6.12. The summed E-state index contributed by atoms with van der Waals surface area (Å²) in [5.41, 5.74) is -0.808. The van der Waals surface area contributed by atoms with Crippen molar-refractivity contribution >= 4 is 11.9 Å². The predicted molar refractivity (Wildman–Crippen MR) is 69.1 cm³/mol. The average Bonchev–Trinajstić information content (AvgIpc) is 2.59. The van der Waals surface area contributed by atoms with Gasteiger partial charge < -0.3 is 15.0 Å². The molecule has 0 radical (unpaired) electrons. The topological polar surface area (TPSA) is 58.6 Å². The van der Waals surface area contributed by atoms with Crippen molar-refractivity contribution < 1.29 is 14.3 Å². The third kappa shape index (κ3) is 3.98. The van der Waals surface area contributed by atoms with Crippen LogP contribution in [0.25, 0.3) is 0 Å². The fourth-order valence-electron chi connectivity index (χ4n) is 2.22. The van der Waals surface area contributed by atoms with Gasteiger partial charge in [0.2, 0.25) is 5.91 Å². The minimum atomic E-state index is -0.519. The number of carbonyl (C=O) groups excluding carboxylic acids is 2. The van der Waals surface area contributed by atoms with Crippen LogP contribution in [0.1, 0.15) is 41.0 Å². The van der Waals surface area contributed by atoms with Crippen molar-refractivity contribution in [1.29, 1.82) is 0 Å². The number of hydrogen-bond donors (Lipinski definition) is 1. The summed E-state index contributed by atoms with van der Waals surface area (Å²) in [6, 6.07) is 0. The van der Waals surface area contributed by atoms with E-state index in [-0.39, 0.29) is 24.0 Å². The number of nitrogens with zero attached hydrogens (tertiary/aromatic N) is 1. The van der Waals surface area contributed by atoms with Gasteiger partial charge in [0.05, 0.1) is 5.54 Å². The van der Waals surface area contributed by atoms with Crippen molar-refractivity contribution in [3.63, 3.8) is 0 Å². The molecule has 0 aromatic rings. The molecule has 1 fully saturated rings. The molecule has 1 heterocycles. The van der Waals surface area contributed by atoms with Crippen LogP contribution in [0.5, 0.6) is 0 Å². The summed E-state index contributed by atoms with van der Waals surface area (Å²) in [4.78, 5) is 25.2. The normalized spacial score (nSPS) is 23.8. The third-order valence-corrected chi connectivity index (χ3v) is 3.09. The molecular weight excluding hydrogens is 232 g/mol. The lowest BCUT2D eigenvalue weighted by atomic mass is 9.98. The quantitative estimate of drug-likeness (QED) is 0.763. The lowest BCUT2D eigenvalue weighted by Crippen LogP contribution is -2.53. The zero-order valence-corrected chi connectivity index (χ0v) is 12.0. The van der Waals surface area contributed by atoms with Crippen LogP contribution in [-0.4, -0.2) is 47.6 Å². The molecule has 18 heavy (non-hydrogen) atoms. The predicted octanol–water partition coefficient (Wildman–Crippen LogP) is 0.929. The Morgan fingerprint density at radius 1 is 1.39 bits per heavy atom. The number of rotatable bonds is 3. The molecule has 0 spiro atoms. The van der Waals surface area contributed by atoms with Gasteiger partial charge in [0, 0.05) is 13.5 Å². The Labute approximate surface area is 109 Å². The van der Waals surface area contributed by atoms with Gasteiger partial charge in [0.1, 0.15) is 12.1 Å². The van der Waals surface area contributed by atoms with Crippen molar-refractivity contribution in [2.75, 3.05) is 19.6 Å². The molecule has 0 aromatic heterocycles. The molecule has 0 saturated carbocycles. The monoisotopic (exact) mass is 256 g/mol. The maximum Gasteiger partial charge on any atom is 0.326 e. The van der Waals surface area contributed by atoms with Crippen LogP contribution in [-0.2, 0) is 14.3 Å². The van der Waals surface area contributed by atoms with Gasteiger partial charge in [-0.05, 0) is 40.7 Å². The standard InChI is InChI=1S/C13H24N2O3/c1-10(16)15(13(5)6-7-14-9-13)8-11(17)18-12(2,3)4/h14H,6-9H2,1-5H3/t13-/m1/s1. The van der Waals surface area contributed by atoms with E-state index in [4.69, 9.17) is 4.74 Å². The molecule has 0 unspecified atom stereocenters. The van der Waals surface area contributed by atoms with E-state index in [0.717, 1.165) is 19.5 Å². The summed E-state index contributed by atoms with van der Waals surface area (Å²) in [5.74, 6) is -0.446. The van der Waals surface area contributed by atoms with E-state index in [1.807, 2.05) is 27.7 Å². The zero-order chi connectivity index (χ0) is 14.0. The van der Waals surface area contributed by atoms with Crippen LogP contribution in [0, 0.1) is 0 Å². The Kier molecular flexibility index (Phi) is 4.37. The summed E-state index contributed by atoms with van der Waals surface area (Å²) < 4.78 is 5.27. The minimum absolute atomic E-state index is 0.0186. The Balaban J connectivity index is 2.70. The van der Waals surface area contributed by atoms with Gasteiger partial charge in [-0.15, -0.1) is 0 Å². The van der Waals surface area contributed by atoms with Gasteiger partial charge >= 0.3 is 5.97 Å². The zero-order valence-electron chi connectivity index (χ0n) is 12.0. The average molecular weight is 256 g/mol. The SMILES string of the molecule is CC(=O)N(CC(=O)OC(C)(C)C)[C@]1(C)CCNC1. The van der Waals surface area contributed by atoms with E-state index in [2.05, 4.69) is 5.32 Å². The molecule has 5 heteroatoms. The van der Waals surface area contributed by atoms with Gasteiger partial charge in [-0.1, -0.05) is 0 Å². The van der Waals surface area contributed by atoms with E-state index < -0.39 is 5.60 Å². The first-order valence-corrected chi connectivity index (χ1v) is 6.35. The molecule has 5 nitrogen and oxygen atoms in total. The van der Waals surface area contributed by atoms with Crippen molar-refractivity contribution in [3.05, 3.63) is 0 Å². The number of hydrogen-bond acceptors (Lipinski definition) is 4. The number of ether oxygens (including phenoxy) is 1. The van der Waals surface area contributed by atoms with Crippen LogP contribution >= 0.6 is 0 Å². The Morgan fingerprint density at radius 3 is 2.39 bits per heavy atom. The molecule has 0 aromatic carbocycles. The molecule has 1 aliphatic rings. The lowest BCUT2D eigenvalue weighted by molar-refractivity contribution is -0.161. The molecule has 0 aliphatic carbocycles. The van der Waals surface area contributed by atoms with Crippen molar-refractivity contribution in [3.8, 4) is 0 Å². The maximum atomic E-state index is 11.8. The largest absolute Gasteiger partial charge is 0.459 e. The number of carbonyl (C=O) groups is 2. The highest BCUT2D eigenvalue weighted by Crippen LogP contribution is 2.23. The van der Waals surface area contributed by atoms with Crippen LogP contribution < -0.4 is 5.32 Å². The Bertz CT molecular complexity index is 328. The van der Waals surface area contributed by atoms with Crippen LogP contribution in [0.15, 0.2) is 0 Å². The maximum absolute atomic E-state index is 11.8. The number of esters is 1. The van der Waals surface area contributed by atoms with Gasteiger partial charge in [-0.3, -0.25) is 9.59 Å². The highest BCUT2D eigenvalue weighted by molar-refractivity contribution is 5.81. The molecular formula is C13H24N2O3. The highest BCUT2D eigenvalue weighted by Gasteiger charge is 2.38. The van der Waals surface area contributed by atoms with Crippen molar-refractivity contribution in [1.82, 2.24) is 10.2 Å². The van der Waals surface area contributed by atoms with E-state index >= 15 is 0 Å². The highest BCUT2D eigenvalue weighted by atomic mass is 16.6. The molecule has 1 amide bonds. The fourth-order valence-corrected chi connectivity index (χ4v) is 2.22. The second kappa shape index (κ2) is 5.26. The number of nitrogens with one attached hydrogen (secondary N) is 1. The summed E-state index contributed by atoms with van der Waals surface area (Å²) in [5, 5.41) is 3.22. The third-order valence-electron chi connectivity index (χ3n) is 3.09. The van der Waals surface area contributed by atoms with Gasteiger partial charge in [-0.25, -0.2) is 0 Å². The van der Waals surface area contributed by atoms with E-state index in [1.54, 1.807) is 4.90 Å². The van der Waals surface area contributed by atoms with E-state index in [1.165, 1.54) is 6.92 Å². The first-order valence-electron chi connectivity index (χ1n) is 6.35. The lowest BCUT2D eigenvalue weighted by Gasteiger charge is -2.37. The van der Waals surface area contributed by atoms with Crippen molar-refractivity contribution in [2.45, 2.75) is 52.2 Å². The molecule has 1 atom stereocenters. The molecule has 1 N–H and O–H groups in total. The summed E-state index contributed by atoms with van der Waals surface area (Å²) >= 11 is 0. The first-order chi connectivity index (χ1) is 8.14. The molecule has 1 rings (SSSR count). The van der Waals surface area contributed by atoms with Crippen molar-refractivity contribution in [2.24, 2.45) is 0 Å². The molecule has 1 saturated heterocycles. The Hall–Kier alpha value is -1.10. The summed E-state index contributed by atoms with van der Waals surface area (Å²) in [6.07, 6.45) is 0.857. The molecule has 0 bridgehead atoms. The van der Waals surface area contributed by atoms with Crippen LogP contribution in [0.3, 0.4) is 0 Å². The van der Waals surface area contributed by atoms with Crippen LogP contribution in [0.2, 0.25) is 0 Å². The fraction of sp³-hybridized carbons (Fsp3) is 0.846. The minimum Gasteiger partial charge on any atom is -0.459 e. The summed E-state index contributed by atoms with van der Waals surface area (Å²) in [6.45, 7) is 10.6. The van der Waals surface area contributed by atoms with Gasteiger partial charge in [-0.2, -0.15) is 0 Å². The van der Waals surface area contributed by atoms with E-state index in [0.29, 0.717) is 0 Å². The first kappa shape index (κ1) is 15.0. The Morgan fingerprint density at radius 2 is 2.00 bits per heavy atom. The summed E-state index contributed by atoms with van der Waals surface area (Å²) in [7, 11) is 0. The van der Waals surface area contributed by atoms with Gasteiger partial charge in [0.25, 0.3) is 0 Å². The number of amides is 1. The second-order valence-electron chi connectivity index (χ2n) is 6.12.